The van der Waals surface area contributed by atoms with Crippen molar-refractivity contribution in [3.8, 4) is 0 Å². The number of hydrogen-bond acceptors (Lipinski definition) is 2. The summed E-state index contributed by atoms with van der Waals surface area (Å²) in [5, 5.41) is 3.41. The third kappa shape index (κ3) is 4.20. The molecule has 0 saturated carbocycles. The predicted molar refractivity (Wildman–Crippen MR) is 85.3 cm³/mol. The predicted octanol–water partition coefficient (Wildman–Crippen LogP) is 3.22. The summed E-state index contributed by atoms with van der Waals surface area (Å²) in [7, 11) is 2.08. The fourth-order valence-corrected chi connectivity index (χ4v) is 2.87. The molecule has 2 nitrogen and oxygen atoms in total. The highest BCUT2D eigenvalue weighted by Crippen LogP contribution is 2.19. The Morgan fingerprint density at radius 3 is 2.53 bits per heavy atom. The van der Waals surface area contributed by atoms with Crippen molar-refractivity contribution >= 4 is 12.4 Å². The summed E-state index contributed by atoms with van der Waals surface area (Å²) in [6.07, 6.45) is 2.63. The number of nitrogens with zero attached hydrogens (tertiary/aromatic N) is 1. The maximum Gasteiger partial charge on any atom is 0.0237 e. The van der Waals surface area contributed by atoms with Gasteiger partial charge in [0.25, 0.3) is 0 Å². The zero-order valence-electron chi connectivity index (χ0n) is 12.6. The summed E-state index contributed by atoms with van der Waals surface area (Å²) in [4.78, 5) is 2.59. The zero-order valence-corrected chi connectivity index (χ0v) is 13.4. The molecular weight excluding hydrogens is 256 g/mol. The van der Waals surface area contributed by atoms with E-state index in [-0.39, 0.29) is 12.4 Å². The fourth-order valence-electron chi connectivity index (χ4n) is 2.87. The lowest BCUT2D eigenvalue weighted by Gasteiger charge is -2.33. The monoisotopic (exact) mass is 282 g/mol. The smallest absolute Gasteiger partial charge is 0.0237 e. The number of aryl methyl sites for hydroxylation is 3. The molecule has 108 valence electrons. The van der Waals surface area contributed by atoms with E-state index < -0.39 is 0 Å². The first-order valence-electron chi connectivity index (χ1n) is 7.06. The highest BCUT2D eigenvalue weighted by molar-refractivity contribution is 5.85. The van der Waals surface area contributed by atoms with E-state index in [2.05, 4.69) is 50.2 Å². The van der Waals surface area contributed by atoms with Gasteiger partial charge in [0.05, 0.1) is 0 Å². The SMILES string of the molecule is CNC1CCCN(Cc2cc(C)c(C)cc2C)C1.Cl. The number of hydrogen-bond donors (Lipinski definition) is 1. The zero-order chi connectivity index (χ0) is 13.1. The molecule has 1 saturated heterocycles. The molecule has 1 unspecified atom stereocenters. The van der Waals surface area contributed by atoms with Crippen molar-refractivity contribution in [2.75, 3.05) is 20.1 Å². The van der Waals surface area contributed by atoms with Gasteiger partial charge in [-0.1, -0.05) is 12.1 Å². The number of nitrogens with one attached hydrogen (secondary N) is 1. The van der Waals surface area contributed by atoms with Gasteiger partial charge in [0.1, 0.15) is 0 Å². The van der Waals surface area contributed by atoms with Crippen LogP contribution in [0.4, 0.5) is 0 Å². The second kappa shape index (κ2) is 7.28. The number of piperidine rings is 1. The van der Waals surface area contributed by atoms with Crippen LogP contribution in [0.25, 0.3) is 0 Å². The van der Waals surface area contributed by atoms with E-state index in [1.54, 1.807) is 0 Å². The van der Waals surface area contributed by atoms with Crippen molar-refractivity contribution in [1.29, 1.82) is 0 Å². The highest BCUT2D eigenvalue weighted by atomic mass is 35.5. The molecule has 1 atom stereocenters. The molecule has 1 aromatic carbocycles. The Morgan fingerprint density at radius 1 is 1.16 bits per heavy atom. The first-order chi connectivity index (χ1) is 8.60. The second-order valence-corrected chi connectivity index (χ2v) is 5.73. The largest absolute Gasteiger partial charge is 0.316 e. The molecule has 0 bridgehead atoms. The van der Waals surface area contributed by atoms with Crippen LogP contribution in [0.3, 0.4) is 0 Å². The van der Waals surface area contributed by atoms with Crippen LogP contribution in [0.5, 0.6) is 0 Å². The quantitative estimate of drug-likeness (QED) is 0.916. The number of likely N-dealkylation sites (tertiary alicyclic amines) is 1. The van der Waals surface area contributed by atoms with Gasteiger partial charge in [0, 0.05) is 19.1 Å². The van der Waals surface area contributed by atoms with Gasteiger partial charge in [-0.05, 0) is 69.5 Å². The van der Waals surface area contributed by atoms with Crippen LogP contribution in [0.1, 0.15) is 35.1 Å². The summed E-state index contributed by atoms with van der Waals surface area (Å²) in [5.74, 6) is 0. The first kappa shape index (κ1) is 16.5. The minimum absolute atomic E-state index is 0. The topological polar surface area (TPSA) is 15.3 Å². The van der Waals surface area contributed by atoms with Crippen molar-refractivity contribution in [3.05, 3.63) is 34.4 Å². The molecule has 0 spiro atoms. The normalized spacial score (nSPS) is 20.1. The molecule has 3 heteroatoms. The van der Waals surface area contributed by atoms with Gasteiger partial charge in [-0.3, -0.25) is 4.90 Å². The lowest BCUT2D eigenvalue weighted by Crippen LogP contribution is -2.43. The van der Waals surface area contributed by atoms with Gasteiger partial charge in [-0.15, -0.1) is 12.4 Å². The molecule has 2 rings (SSSR count). The minimum Gasteiger partial charge on any atom is -0.316 e. The molecular formula is C16H27ClN2. The maximum atomic E-state index is 3.41. The molecule has 0 aromatic heterocycles. The van der Waals surface area contributed by atoms with Gasteiger partial charge in [0.2, 0.25) is 0 Å². The van der Waals surface area contributed by atoms with E-state index in [4.69, 9.17) is 0 Å². The van der Waals surface area contributed by atoms with Gasteiger partial charge in [0.15, 0.2) is 0 Å². The van der Waals surface area contributed by atoms with E-state index in [9.17, 15) is 0 Å². The van der Waals surface area contributed by atoms with E-state index in [0.717, 1.165) is 6.54 Å². The van der Waals surface area contributed by atoms with E-state index in [0.29, 0.717) is 6.04 Å². The summed E-state index contributed by atoms with van der Waals surface area (Å²) < 4.78 is 0. The van der Waals surface area contributed by atoms with Crippen molar-refractivity contribution in [2.45, 2.75) is 46.2 Å². The molecule has 1 aliphatic heterocycles. The van der Waals surface area contributed by atoms with Crippen LogP contribution in [-0.2, 0) is 6.54 Å². The van der Waals surface area contributed by atoms with Crippen molar-refractivity contribution in [3.63, 3.8) is 0 Å². The number of rotatable bonds is 3. The average molecular weight is 283 g/mol. The van der Waals surface area contributed by atoms with Crippen molar-refractivity contribution in [1.82, 2.24) is 10.2 Å². The van der Waals surface area contributed by atoms with Crippen molar-refractivity contribution < 1.29 is 0 Å². The van der Waals surface area contributed by atoms with Gasteiger partial charge in [-0.2, -0.15) is 0 Å². The van der Waals surface area contributed by atoms with Gasteiger partial charge >= 0.3 is 0 Å². The highest BCUT2D eigenvalue weighted by Gasteiger charge is 2.18. The molecule has 1 fully saturated rings. The second-order valence-electron chi connectivity index (χ2n) is 5.73. The lowest BCUT2D eigenvalue weighted by atomic mass is 9.99. The minimum atomic E-state index is 0. The third-order valence-corrected chi connectivity index (χ3v) is 4.26. The molecule has 1 aliphatic rings. The van der Waals surface area contributed by atoms with Crippen LogP contribution in [0.15, 0.2) is 12.1 Å². The van der Waals surface area contributed by atoms with Crippen LogP contribution in [0, 0.1) is 20.8 Å². The number of halogens is 1. The Hall–Kier alpha value is -0.570. The molecule has 1 N–H and O–H groups in total. The van der Waals surface area contributed by atoms with E-state index in [1.807, 2.05) is 0 Å². The first-order valence-corrected chi connectivity index (χ1v) is 7.06. The lowest BCUT2D eigenvalue weighted by molar-refractivity contribution is 0.187. The average Bonchev–Trinajstić information content (AvgIpc) is 2.36. The maximum absolute atomic E-state index is 3.41. The van der Waals surface area contributed by atoms with Crippen LogP contribution in [0.2, 0.25) is 0 Å². The molecule has 19 heavy (non-hydrogen) atoms. The Morgan fingerprint density at radius 2 is 1.84 bits per heavy atom. The van der Waals surface area contributed by atoms with Gasteiger partial charge in [-0.25, -0.2) is 0 Å². The Balaban J connectivity index is 0.00000180. The molecule has 1 aromatic rings. The van der Waals surface area contributed by atoms with Gasteiger partial charge < -0.3 is 5.32 Å². The summed E-state index contributed by atoms with van der Waals surface area (Å²) in [5.41, 5.74) is 5.75. The Labute approximate surface area is 124 Å². The molecule has 1 heterocycles. The number of benzene rings is 1. The van der Waals surface area contributed by atoms with Crippen molar-refractivity contribution in [2.24, 2.45) is 0 Å². The van der Waals surface area contributed by atoms with Crippen LogP contribution < -0.4 is 5.32 Å². The number of likely N-dealkylation sites (N-methyl/N-ethyl adjacent to an activating group) is 1. The summed E-state index contributed by atoms with van der Waals surface area (Å²) in [6.45, 7) is 10.2. The summed E-state index contributed by atoms with van der Waals surface area (Å²) in [6, 6.07) is 5.36. The van der Waals surface area contributed by atoms with E-state index >= 15 is 0 Å². The van der Waals surface area contributed by atoms with E-state index in [1.165, 1.54) is 48.2 Å². The standard InChI is InChI=1S/C16H26N2.ClH/c1-12-8-14(3)15(9-13(12)2)10-18-7-5-6-16(11-18)17-4;/h8-9,16-17H,5-7,10-11H2,1-4H3;1H. The van der Waals surface area contributed by atoms with Crippen LogP contribution >= 0.6 is 12.4 Å². The molecule has 0 radical (unpaired) electrons. The molecule has 0 amide bonds. The fraction of sp³-hybridized carbons (Fsp3) is 0.625. The van der Waals surface area contributed by atoms with Crippen LogP contribution in [-0.4, -0.2) is 31.1 Å². The Bertz CT molecular complexity index is 417. The molecule has 0 aliphatic carbocycles. The third-order valence-electron chi connectivity index (χ3n) is 4.26. The summed E-state index contributed by atoms with van der Waals surface area (Å²) >= 11 is 0. The Kier molecular flexibility index (Phi) is 6.31.